The number of carbonyl (C=O) groups excluding carboxylic acids is 1. The van der Waals surface area contributed by atoms with Crippen molar-refractivity contribution in [1.82, 2.24) is 14.4 Å². The molecule has 0 N–H and O–H groups in total. The summed E-state index contributed by atoms with van der Waals surface area (Å²) in [4.78, 5) is 14.0. The maximum atomic E-state index is 12.8. The Labute approximate surface area is 156 Å². The second kappa shape index (κ2) is 7.26. The molecule has 26 heavy (non-hydrogen) atoms. The quantitative estimate of drug-likeness (QED) is 0.778. The summed E-state index contributed by atoms with van der Waals surface area (Å²) in [5, 5.41) is 3.93. The van der Waals surface area contributed by atoms with Crippen molar-refractivity contribution in [1.29, 1.82) is 0 Å². The van der Waals surface area contributed by atoms with Gasteiger partial charge >= 0.3 is 0 Å². The Morgan fingerprint density at radius 2 is 1.92 bits per heavy atom. The van der Waals surface area contributed by atoms with Crippen molar-refractivity contribution in [3.63, 3.8) is 0 Å². The first-order valence-electron chi connectivity index (χ1n) is 7.89. The summed E-state index contributed by atoms with van der Waals surface area (Å²) in [6.45, 7) is 2.62. The standard InChI is InChI=1S/C16H18ClN3O5S/c1-11-9-14(18-25-11)16(21)19-5-7-20(8-6-19)26(22,23)12-3-4-15(24-2)13(17)10-12/h3-4,9-10H,5-8H2,1-2H3. The van der Waals surface area contributed by atoms with Crippen LogP contribution in [0.3, 0.4) is 0 Å². The van der Waals surface area contributed by atoms with Crippen LogP contribution >= 0.6 is 11.6 Å². The molecule has 0 atom stereocenters. The molecule has 1 aliphatic heterocycles. The minimum atomic E-state index is -3.70. The number of hydrogen-bond donors (Lipinski definition) is 0. The van der Waals surface area contributed by atoms with Gasteiger partial charge in [-0.2, -0.15) is 4.31 Å². The summed E-state index contributed by atoms with van der Waals surface area (Å²) in [5.41, 5.74) is 0.223. The third-order valence-electron chi connectivity index (χ3n) is 4.13. The SMILES string of the molecule is COc1ccc(S(=O)(=O)N2CCN(C(=O)c3cc(C)on3)CC2)cc1Cl. The van der Waals surface area contributed by atoms with E-state index < -0.39 is 10.0 Å². The molecule has 8 nitrogen and oxygen atoms in total. The average molecular weight is 400 g/mol. The van der Waals surface area contributed by atoms with Gasteiger partial charge in [-0.1, -0.05) is 16.8 Å². The first kappa shape index (κ1) is 18.7. The molecule has 0 spiro atoms. The predicted octanol–water partition coefficient (Wildman–Crippen LogP) is 1.79. The number of benzene rings is 1. The van der Waals surface area contributed by atoms with Gasteiger partial charge in [0.1, 0.15) is 11.5 Å². The zero-order valence-electron chi connectivity index (χ0n) is 14.3. The lowest BCUT2D eigenvalue weighted by Crippen LogP contribution is -2.50. The number of aryl methyl sites for hydroxylation is 1. The lowest BCUT2D eigenvalue weighted by molar-refractivity contribution is 0.0687. The number of nitrogens with zero attached hydrogens (tertiary/aromatic N) is 3. The number of piperazine rings is 1. The average Bonchev–Trinajstić information content (AvgIpc) is 3.07. The van der Waals surface area contributed by atoms with E-state index in [1.54, 1.807) is 17.9 Å². The Morgan fingerprint density at radius 1 is 1.23 bits per heavy atom. The van der Waals surface area contributed by atoms with Crippen LogP contribution in [-0.4, -0.2) is 62.0 Å². The van der Waals surface area contributed by atoms with Gasteiger partial charge in [0.2, 0.25) is 10.0 Å². The van der Waals surface area contributed by atoms with Crippen molar-refractivity contribution >= 4 is 27.5 Å². The van der Waals surface area contributed by atoms with Crippen LogP contribution in [0.5, 0.6) is 5.75 Å². The van der Waals surface area contributed by atoms with E-state index in [1.165, 1.54) is 29.6 Å². The van der Waals surface area contributed by atoms with Crippen LogP contribution < -0.4 is 4.74 Å². The highest BCUT2D eigenvalue weighted by Gasteiger charge is 2.31. The lowest BCUT2D eigenvalue weighted by atomic mass is 10.3. The molecule has 0 radical (unpaired) electrons. The number of ether oxygens (including phenoxy) is 1. The number of aromatic nitrogens is 1. The van der Waals surface area contributed by atoms with Gasteiger partial charge in [-0.05, 0) is 25.1 Å². The fourth-order valence-corrected chi connectivity index (χ4v) is 4.49. The van der Waals surface area contributed by atoms with Crippen molar-refractivity contribution in [3.8, 4) is 5.75 Å². The van der Waals surface area contributed by atoms with E-state index in [0.29, 0.717) is 11.5 Å². The van der Waals surface area contributed by atoms with Crippen molar-refractivity contribution in [3.05, 3.63) is 40.7 Å². The summed E-state index contributed by atoms with van der Waals surface area (Å²) < 4.78 is 36.9. The van der Waals surface area contributed by atoms with Crippen LogP contribution in [0.15, 0.2) is 33.7 Å². The minimum Gasteiger partial charge on any atom is -0.495 e. The Morgan fingerprint density at radius 3 is 2.46 bits per heavy atom. The first-order valence-corrected chi connectivity index (χ1v) is 9.71. The van der Waals surface area contributed by atoms with Crippen LogP contribution in [0.25, 0.3) is 0 Å². The van der Waals surface area contributed by atoms with E-state index in [0.717, 1.165) is 0 Å². The topological polar surface area (TPSA) is 93.0 Å². The van der Waals surface area contributed by atoms with E-state index in [9.17, 15) is 13.2 Å². The van der Waals surface area contributed by atoms with Crippen molar-refractivity contribution < 1.29 is 22.5 Å². The van der Waals surface area contributed by atoms with Crippen LogP contribution in [0.4, 0.5) is 0 Å². The van der Waals surface area contributed by atoms with Gasteiger partial charge in [-0.3, -0.25) is 4.79 Å². The molecule has 0 aliphatic carbocycles. The molecule has 10 heteroatoms. The van der Waals surface area contributed by atoms with E-state index in [-0.39, 0.29) is 47.7 Å². The van der Waals surface area contributed by atoms with Crippen LogP contribution in [-0.2, 0) is 10.0 Å². The maximum absolute atomic E-state index is 12.8. The highest BCUT2D eigenvalue weighted by Crippen LogP contribution is 2.28. The highest BCUT2D eigenvalue weighted by atomic mass is 35.5. The van der Waals surface area contributed by atoms with Gasteiger partial charge in [0.15, 0.2) is 5.69 Å². The van der Waals surface area contributed by atoms with Gasteiger partial charge in [-0.25, -0.2) is 8.42 Å². The molecule has 0 unspecified atom stereocenters. The van der Waals surface area contributed by atoms with Crippen molar-refractivity contribution in [2.24, 2.45) is 0 Å². The zero-order valence-corrected chi connectivity index (χ0v) is 15.9. The summed E-state index contributed by atoms with van der Waals surface area (Å²) in [7, 11) is -2.24. The molecular weight excluding hydrogens is 382 g/mol. The maximum Gasteiger partial charge on any atom is 0.276 e. The minimum absolute atomic E-state index is 0.0928. The van der Waals surface area contributed by atoms with E-state index in [1.807, 2.05) is 0 Å². The number of sulfonamides is 1. The molecule has 140 valence electrons. The molecule has 2 aromatic rings. The lowest BCUT2D eigenvalue weighted by Gasteiger charge is -2.33. The second-order valence-electron chi connectivity index (χ2n) is 5.82. The predicted molar refractivity (Wildman–Crippen MR) is 93.9 cm³/mol. The zero-order chi connectivity index (χ0) is 18.9. The molecule has 1 aromatic heterocycles. The summed E-state index contributed by atoms with van der Waals surface area (Å²) >= 11 is 6.03. The molecule has 1 fully saturated rings. The first-order chi connectivity index (χ1) is 12.3. The molecule has 1 saturated heterocycles. The number of rotatable bonds is 4. The number of halogens is 1. The molecule has 1 aromatic carbocycles. The van der Waals surface area contributed by atoms with Crippen LogP contribution in [0.2, 0.25) is 5.02 Å². The fraction of sp³-hybridized carbons (Fsp3) is 0.375. The van der Waals surface area contributed by atoms with Crippen LogP contribution in [0.1, 0.15) is 16.2 Å². The Hall–Kier alpha value is -2.10. The Bertz CT molecular complexity index is 920. The van der Waals surface area contributed by atoms with Gasteiger partial charge in [0, 0.05) is 32.2 Å². The molecule has 0 bridgehead atoms. The molecule has 2 heterocycles. The fourth-order valence-electron chi connectivity index (χ4n) is 2.72. The molecular formula is C16H18ClN3O5S. The number of carbonyl (C=O) groups is 1. The molecule has 0 saturated carbocycles. The van der Waals surface area contributed by atoms with Crippen molar-refractivity contribution in [2.75, 3.05) is 33.3 Å². The Balaban J connectivity index is 1.70. The van der Waals surface area contributed by atoms with Gasteiger partial charge in [0.05, 0.1) is 17.0 Å². The smallest absolute Gasteiger partial charge is 0.276 e. The van der Waals surface area contributed by atoms with E-state index >= 15 is 0 Å². The molecule has 3 rings (SSSR count). The highest BCUT2D eigenvalue weighted by molar-refractivity contribution is 7.89. The molecule has 1 amide bonds. The third kappa shape index (κ3) is 3.55. The van der Waals surface area contributed by atoms with Crippen LogP contribution in [0, 0.1) is 6.92 Å². The largest absolute Gasteiger partial charge is 0.495 e. The monoisotopic (exact) mass is 399 g/mol. The van der Waals surface area contributed by atoms with Gasteiger partial charge in [-0.15, -0.1) is 0 Å². The number of hydrogen-bond acceptors (Lipinski definition) is 6. The van der Waals surface area contributed by atoms with Gasteiger partial charge < -0.3 is 14.2 Å². The summed E-state index contributed by atoms with van der Waals surface area (Å²) in [5.74, 6) is 0.682. The normalized spacial score (nSPS) is 15.9. The second-order valence-corrected chi connectivity index (χ2v) is 8.16. The molecule has 1 aliphatic rings. The number of methoxy groups -OCH3 is 1. The van der Waals surface area contributed by atoms with E-state index in [2.05, 4.69) is 5.16 Å². The van der Waals surface area contributed by atoms with E-state index in [4.69, 9.17) is 20.9 Å². The van der Waals surface area contributed by atoms with Gasteiger partial charge in [0.25, 0.3) is 5.91 Å². The third-order valence-corrected chi connectivity index (χ3v) is 6.32. The Kier molecular flexibility index (Phi) is 5.22. The number of amides is 1. The summed E-state index contributed by atoms with van der Waals surface area (Å²) in [6, 6.07) is 5.90. The summed E-state index contributed by atoms with van der Waals surface area (Å²) in [6.07, 6.45) is 0. The van der Waals surface area contributed by atoms with Crippen molar-refractivity contribution in [2.45, 2.75) is 11.8 Å².